The summed E-state index contributed by atoms with van der Waals surface area (Å²) in [7, 11) is 0. The lowest BCUT2D eigenvalue weighted by Crippen LogP contribution is -2.42. The molecule has 114 valence electrons. The maximum Gasteiger partial charge on any atom is 0.290 e. The standard InChI is InChI=1S/C15H21N3O3/c19-13(18-8-4-1-5-9-18)10-16-15(20)14-11-6-2-3-7-12(11)17-21-14/h1-10H2,(H,16,20). The van der Waals surface area contributed by atoms with E-state index in [0.29, 0.717) is 0 Å². The van der Waals surface area contributed by atoms with Crippen LogP contribution in [0.15, 0.2) is 4.52 Å². The third-order valence-electron chi connectivity index (χ3n) is 4.28. The lowest BCUT2D eigenvalue weighted by Gasteiger charge is -2.26. The number of aromatic nitrogens is 1. The van der Waals surface area contributed by atoms with Gasteiger partial charge in [0.15, 0.2) is 0 Å². The van der Waals surface area contributed by atoms with Crippen molar-refractivity contribution in [2.75, 3.05) is 19.6 Å². The Morgan fingerprint density at radius 1 is 1.10 bits per heavy atom. The van der Waals surface area contributed by atoms with E-state index >= 15 is 0 Å². The van der Waals surface area contributed by atoms with Crippen molar-refractivity contribution in [1.29, 1.82) is 0 Å². The van der Waals surface area contributed by atoms with E-state index in [4.69, 9.17) is 4.52 Å². The Morgan fingerprint density at radius 3 is 2.67 bits per heavy atom. The van der Waals surface area contributed by atoms with E-state index in [1.165, 1.54) is 6.42 Å². The predicted molar refractivity (Wildman–Crippen MR) is 75.9 cm³/mol. The van der Waals surface area contributed by atoms with Crippen LogP contribution >= 0.6 is 0 Å². The molecule has 1 aromatic rings. The van der Waals surface area contributed by atoms with Crippen LogP contribution in [0.5, 0.6) is 0 Å². The molecule has 0 bridgehead atoms. The molecule has 6 heteroatoms. The number of carbonyl (C=O) groups is 2. The van der Waals surface area contributed by atoms with Crippen LogP contribution in [0.2, 0.25) is 0 Å². The van der Waals surface area contributed by atoms with Gasteiger partial charge in [-0.25, -0.2) is 0 Å². The molecule has 0 saturated carbocycles. The van der Waals surface area contributed by atoms with Gasteiger partial charge in [-0.15, -0.1) is 0 Å². The van der Waals surface area contributed by atoms with Gasteiger partial charge in [0.05, 0.1) is 12.2 Å². The maximum atomic E-state index is 12.1. The van der Waals surface area contributed by atoms with Gasteiger partial charge in [-0.05, 0) is 44.9 Å². The number of rotatable bonds is 3. The number of hydrogen-bond donors (Lipinski definition) is 1. The molecule has 1 aliphatic carbocycles. The van der Waals surface area contributed by atoms with Crippen molar-refractivity contribution in [3.8, 4) is 0 Å². The van der Waals surface area contributed by atoms with Gasteiger partial charge >= 0.3 is 0 Å². The average molecular weight is 291 g/mol. The highest BCUT2D eigenvalue weighted by Crippen LogP contribution is 2.23. The Labute approximate surface area is 123 Å². The monoisotopic (exact) mass is 291 g/mol. The molecule has 1 saturated heterocycles. The molecular formula is C15H21N3O3. The van der Waals surface area contributed by atoms with Gasteiger partial charge in [0.1, 0.15) is 0 Å². The highest BCUT2D eigenvalue weighted by Gasteiger charge is 2.25. The van der Waals surface area contributed by atoms with E-state index in [9.17, 15) is 9.59 Å². The van der Waals surface area contributed by atoms with Crippen molar-refractivity contribution in [2.45, 2.75) is 44.9 Å². The summed E-state index contributed by atoms with van der Waals surface area (Å²) >= 11 is 0. The second-order valence-electron chi connectivity index (χ2n) is 5.77. The van der Waals surface area contributed by atoms with E-state index in [-0.39, 0.29) is 24.1 Å². The summed E-state index contributed by atoms with van der Waals surface area (Å²) in [6.45, 7) is 1.63. The fraction of sp³-hybridized carbons (Fsp3) is 0.667. The Balaban J connectivity index is 1.56. The van der Waals surface area contributed by atoms with Gasteiger partial charge in [0.2, 0.25) is 11.7 Å². The van der Waals surface area contributed by atoms with Crippen molar-refractivity contribution >= 4 is 11.8 Å². The topological polar surface area (TPSA) is 75.4 Å². The summed E-state index contributed by atoms with van der Waals surface area (Å²) < 4.78 is 5.17. The summed E-state index contributed by atoms with van der Waals surface area (Å²) in [4.78, 5) is 26.0. The third-order valence-corrected chi connectivity index (χ3v) is 4.28. The van der Waals surface area contributed by atoms with Crippen molar-refractivity contribution in [3.63, 3.8) is 0 Å². The molecule has 1 aromatic heterocycles. The lowest BCUT2D eigenvalue weighted by atomic mass is 9.96. The summed E-state index contributed by atoms with van der Waals surface area (Å²) in [6.07, 6.45) is 7.14. The number of aryl methyl sites for hydroxylation is 1. The van der Waals surface area contributed by atoms with Gasteiger partial charge < -0.3 is 14.7 Å². The van der Waals surface area contributed by atoms with Crippen LogP contribution in [0.4, 0.5) is 0 Å². The Morgan fingerprint density at radius 2 is 1.86 bits per heavy atom. The van der Waals surface area contributed by atoms with Crippen molar-refractivity contribution < 1.29 is 14.1 Å². The molecule has 2 aliphatic rings. The van der Waals surface area contributed by atoms with Crippen LogP contribution in [-0.2, 0) is 17.6 Å². The van der Waals surface area contributed by atoms with Crippen LogP contribution in [0.3, 0.4) is 0 Å². The molecule has 2 heterocycles. The van der Waals surface area contributed by atoms with Crippen LogP contribution in [0.1, 0.15) is 53.9 Å². The fourth-order valence-corrected chi connectivity index (χ4v) is 3.06. The summed E-state index contributed by atoms with van der Waals surface area (Å²) in [5.41, 5.74) is 1.82. The molecule has 0 spiro atoms. The van der Waals surface area contributed by atoms with Gasteiger partial charge in [-0.1, -0.05) is 5.16 Å². The quantitative estimate of drug-likeness (QED) is 0.910. The van der Waals surface area contributed by atoms with Gasteiger partial charge in [0.25, 0.3) is 5.91 Å². The number of nitrogens with one attached hydrogen (secondary N) is 1. The van der Waals surface area contributed by atoms with Crippen molar-refractivity contribution in [2.24, 2.45) is 0 Å². The number of likely N-dealkylation sites (tertiary alicyclic amines) is 1. The maximum absolute atomic E-state index is 12.1. The molecule has 0 radical (unpaired) electrons. The highest BCUT2D eigenvalue weighted by molar-refractivity contribution is 5.95. The molecule has 1 fully saturated rings. The minimum atomic E-state index is -0.323. The number of carbonyl (C=O) groups excluding carboxylic acids is 2. The second-order valence-corrected chi connectivity index (χ2v) is 5.77. The van der Waals surface area contributed by atoms with Crippen LogP contribution in [0.25, 0.3) is 0 Å². The predicted octanol–water partition coefficient (Wildman–Crippen LogP) is 1.30. The van der Waals surface area contributed by atoms with Crippen LogP contribution < -0.4 is 5.32 Å². The van der Waals surface area contributed by atoms with Crippen molar-refractivity contribution in [1.82, 2.24) is 15.4 Å². The largest absolute Gasteiger partial charge is 0.350 e. The molecule has 1 aliphatic heterocycles. The fourth-order valence-electron chi connectivity index (χ4n) is 3.06. The summed E-state index contributed by atoms with van der Waals surface area (Å²) in [5, 5.41) is 6.63. The second kappa shape index (κ2) is 6.28. The minimum absolute atomic E-state index is 0.0172. The van der Waals surface area contributed by atoms with Gasteiger partial charge in [-0.2, -0.15) is 0 Å². The molecule has 6 nitrogen and oxygen atoms in total. The van der Waals surface area contributed by atoms with E-state index in [2.05, 4.69) is 10.5 Å². The zero-order valence-electron chi connectivity index (χ0n) is 12.2. The third kappa shape index (κ3) is 3.09. The number of hydrogen-bond acceptors (Lipinski definition) is 4. The minimum Gasteiger partial charge on any atom is -0.350 e. The zero-order valence-corrected chi connectivity index (χ0v) is 12.2. The van der Waals surface area contributed by atoms with Crippen LogP contribution in [0, 0.1) is 0 Å². The van der Waals surface area contributed by atoms with Crippen LogP contribution in [-0.4, -0.2) is 41.5 Å². The molecule has 0 unspecified atom stereocenters. The Bertz CT molecular complexity index is 532. The molecule has 2 amide bonds. The Kier molecular flexibility index (Phi) is 4.22. The first-order valence-corrected chi connectivity index (χ1v) is 7.79. The molecule has 1 N–H and O–H groups in total. The van der Waals surface area contributed by atoms with E-state index in [1.807, 2.05) is 4.90 Å². The van der Waals surface area contributed by atoms with E-state index in [1.54, 1.807) is 0 Å². The number of piperidine rings is 1. The summed E-state index contributed by atoms with van der Waals surface area (Å²) in [6, 6.07) is 0. The molecule has 21 heavy (non-hydrogen) atoms. The average Bonchev–Trinajstić information content (AvgIpc) is 2.97. The smallest absolute Gasteiger partial charge is 0.290 e. The first-order valence-electron chi connectivity index (χ1n) is 7.79. The normalized spacial score (nSPS) is 18.2. The molecular weight excluding hydrogens is 270 g/mol. The van der Waals surface area contributed by atoms with Gasteiger partial charge in [0, 0.05) is 18.7 Å². The Hall–Kier alpha value is -1.85. The zero-order chi connectivity index (χ0) is 14.7. The molecule has 0 aromatic carbocycles. The van der Waals surface area contributed by atoms with E-state index in [0.717, 1.165) is 62.9 Å². The highest BCUT2D eigenvalue weighted by atomic mass is 16.5. The lowest BCUT2D eigenvalue weighted by molar-refractivity contribution is -0.130. The number of nitrogens with zero attached hydrogens (tertiary/aromatic N) is 2. The SMILES string of the molecule is O=C(NCC(=O)N1CCCCC1)c1onc2c1CCCC2. The molecule has 3 rings (SSSR count). The molecule has 0 atom stereocenters. The van der Waals surface area contributed by atoms with Crippen molar-refractivity contribution in [3.05, 3.63) is 17.0 Å². The summed E-state index contributed by atoms with van der Waals surface area (Å²) in [5.74, 6) is -0.0522. The first-order chi connectivity index (χ1) is 10.3. The van der Waals surface area contributed by atoms with E-state index < -0.39 is 0 Å². The number of fused-ring (bicyclic) bond motifs is 1. The first kappa shape index (κ1) is 14.1. The van der Waals surface area contributed by atoms with Gasteiger partial charge in [-0.3, -0.25) is 9.59 Å². The number of amides is 2.